The number of benzene rings is 1. The maximum Gasteiger partial charge on any atom is 0.416 e. The lowest BCUT2D eigenvalue weighted by Gasteiger charge is -2.14. The van der Waals surface area contributed by atoms with Gasteiger partial charge in [0, 0.05) is 12.6 Å². The van der Waals surface area contributed by atoms with Gasteiger partial charge in [0.15, 0.2) is 0 Å². The van der Waals surface area contributed by atoms with Crippen molar-refractivity contribution in [2.24, 2.45) is 0 Å². The van der Waals surface area contributed by atoms with E-state index in [0.717, 1.165) is 37.9 Å². The van der Waals surface area contributed by atoms with E-state index in [1.807, 2.05) is 6.07 Å². The van der Waals surface area contributed by atoms with Gasteiger partial charge in [0.2, 0.25) is 0 Å². The van der Waals surface area contributed by atoms with Crippen LogP contribution in [0.15, 0.2) is 18.2 Å². The minimum Gasteiger partial charge on any atom is -0.384 e. The third-order valence-electron chi connectivity index (χ3n) is 3.44. The van der Waals surface area contributed by atoms with Crippen LogP contribution in [0.25, 0.3) is 0 Å². The molecule has 1 atom stereocenters. The fourth-order valence-corrected chi connectivity index (χ4v) is 2.35. The summed E-state index contributed by atoms with van der Waals surface area (Å²) in [6.45, 7) is 1.66. The van der Waals surface area contributed by atoms with Crippen LogP contribution in [-0.2, 0) is 6.18 Å². The number of nitrogens with zero attached hydrogens (tertiary/aromatic N) is 1. The first kappa shape index (κ1) is 14.7. The molecule has 1 aromatic rings. The van der Waals surface area contributed by atoms with E-state index in [2.05, 4.69) is 10.6 Å². The van der Waals surface area contributed by atoms with E-state index in [4.69, 9.17) is 5.26 Å². The van der Waals surface area contributed by atoms with Crippen molar-refractivity contribution in [3.8, 4) is 6.07 Å². The van der Waals surface area contributed by atoms with Gasteiger partial charge in [0.1, 0.15) is 6.07 Å². The summed E-state index contributed by atoms with van der Waals surface area (Å²) in [5.74, 6) is 0. The molecule has 0 spiro atoms. The fraction of sp³-hybridized carbons (Fsp3) is 0.500. The molecule has 108 valence electrons. The van der Waals surface area contributed by atoms with Gasteiger partial charge >= 0.3 is 6.18 Å². The average Bonchev–Trinajstić information content (AvgIpc) is 2.91. The molecular weight excluding hydrogens is 267 g/mol. The Kier molecular flexibility index (Phi) is 4.50. The number of hydrogen-bond acceptors (Lipinski definition) is 3. The largest absolute Gasteiger partial charge is 0.416 e. The number of alkyl halides is 3. The molecule has 6 heteroatoms. The lowest BCUT2D eigenvalue weighted by atomic mass is 10.1. The first-order valence-corrected chi connectivity index (χ1v) is 6.59. The third kappa shape index (κ3) is 3.64. The van der Waals surface area contributed by atoms with Crippen LogP contribution in [0.2, 0.25) is 0 Å². The molecule has 0 aliphatic carbocycles. The Bertz CT molecular complexity index is 499. The predicted octanol–water partition coefficient (Wildman–Crippen LogP) is 3.13. The highest BCUT2D eigenvalue weighted by atomic mass is 19.4. The second-order valence-corrected chi connectivity index (χ2v) is 4.88. The van der Waals surface area contributed by atoms with E-state index in [1.165, 1.54) is 6.07 Å². The first-order valence-electron chi connectivity index (χ1n) is 6.59. The smallest absolute Gasteiger partial charge is 0.384 e. The number of rotatable bonds is 4. The standard InChI is InChI=1S/C14H16F3N3/c15-14(16,17)11-3-4-13(10(8-11)9-18)20-7-5-12-2-1-6-19-12/h3-4,8,12,19-20H,1-2,5-7H2. The van der Waals surface area contributed by atoms with Crippen molar-refractivity contribution in [1.82, 2.24) is 5.32 Å². The van der Waals surface area contributed by atoms with E-state index in [-0.39, 0.29) is 5.56 Å². The molecule has 3 nitrogen and oxygen atoms in total. The number of halogens is 3. The zero-order valence-electron chi connectivity index (χ0n) is 10.9. The molecule has 2 N–H and O–H groups in total. The topological polar surface area (TPSA) is 47.9 Å². The maximum absolute atomic E-state index is 12.6. The van der Waals surface area contributed by atoms with Gasteiger partial charge in [-0.25, -0.2) is 0 Å². The molecule has 0 bridgehead atoms. The van der Waals surface area contributed by atoms with E-state index >= 15 is 0 Å². The number of anilines is 1. The zero-order valence-corrected chi connectivity index (χ0v) is 10.9. The van der Waals surface area contributed by atoms with Crippen LogP contribution >= 0.6 is 0 Å². The summed E-state index contributed by atoms with van der Waals surface area (Å²) in [6.07, 6.45) is -1.24. The molecule has 2 rings (SSSR count). The van der Waals surface area contributed by atoms with Gasteiger partial charge in [-0.3, -0.25) is 0 Å². The number of nitrogens with one attached hydrogen (secondary N) is 2. The Morgan fingerprint density at radius 3 is 2.80 bits per heavy atom. The summed E-state index contributed by atoms with van der Waals surface area (Å²) in [6, 6.07) is 5.47. The molecule has 1 aliphatic rings. The summed E-state index contributed by atoms with van der Waals surface area (Å²) in [4.78, 5) is 0. The monoisotopic (exact) mass is 283 g/mol. The minimum absolute atomic E-state index is 0.0270. The van der Waals surface area contributed by atoms with Crippen molar-refractivity contribution in [1.29, 1.82) is 5.26 Å². The van der Waals surface area contributed by atoms with Gasteiger partial charge in [-0.2, -0.15) is 18.4 Å². The predicted molar refractivity (Wildman–Crippen MR) is 70.3 cm³/mol. The van der Waals surface area contributed by atoms with Gasteiger partial charge in [0.05, 0.1) is 16.8 Å². The quantitative estimate of drug-likeness (QED) is 0.892. The minimum atomic E-state index is -4.42. The lowest BCUT2D eigenvalue weighted by molar-refractivity contribution is -0.137. The molecule has 1 aromatic carbocycles. The van der Waals surface area contributed by atoms with Gasteiger partial charge in [-0.15, -0.1) is 0 Å². The van der Waals surface area contributed by atoms with Crippen LogP contribution in [0.4, 0.5) is 18.9 Å². The normalized spacial score (nSPS) is 18.8. The summed E-state index contributed by atoms with van der Waals surface area (Å²) >= 11 is 0. The Balaban J connectivity index is 1.99. The van der Waals surface area contributed by atoms with Crippen LogP contribution in [-0.4, -0.2) is 19.1 Å². The average molecular weight is 283 g/mol. The molecular formula is C14H16F3N3. The Labute approximate surface area is 115 Å². The van der Waals surface area contributed by atoms with Crippen molar-refractivity contribution >= 4 is 5.69 Å². The molecule has 0 saturated carbocycles. The summed E-state index contributed by atoms with van der Waals surface area (Å²) < 4.78 is 37.7. The first-order chi connectivity index (χ1) is 9.50. The van der Waals surface area contributed by atoms with Crippen LogP contribution in [0.3, 0.4) is 0 Å². The highest BCUT2D eigenvalue weighted by Gasteiger charge is 2.31. The second kappa shape index (κ2) is 6.14. The van der Waals surface area contributed by atoms with Gasteiger partial charge < -0.3 is 10.6 Å². The SMILES string of the molecule is N#Cc1cc(C(F)(F)F)ccc1NCCC1CCCN1. The number of hydrogen-bond donors (Lipinski definition) is 2. The van der Waals surface area contributed by atoms with Crippen LogP contribution in [0, 0.1) is 11.3 Å². The number of nitriles is 1. The van der Waals surface area contributed by atoms with Crippen molar-refractivity contribution in [2.75, 3.05) is 18.4 Å². The van der Waals surface area contributed by atoms with Gasteiger partial charge in [-0.1, -0.05) is 0 Å². The van der Waals surface area contributed by atoms with E-state index in [0.29, 0.717) is 18.3 Å². The van der Waals surface area contributed by atoms with E-state index in [1.54, 1.807) is 0 Å². The summed E-state index contributed by atoms with van der Waals surface area (Å²) in [5.41, 5.74) is -0.310. The highest BCUT2D eigenvalue weighted by molar-refractivity contribution is 5.59. The highest BCUT2D eigenvalue weighted by Crippen LogP contribution is 2.31. The van der Waals surface area contributed by atoms with Crippen LogP contribution in [0.1, 0.15) is 30.4 Å². The molecule has 20 heavy (non-hydrogen) atoms. The fourth-order valence-electron chi connectivity index (χ4n) is 2.35. The molecule has 0 amide bonds. The van der Waals surface area contributed by atoms with E-state index in [9.17, 15) is 13.2 Å². The molecule has 1 fully saturated rings. The molecule has 1 heterocycles. The van der Waals surface area contributed by atoms with Crippen molar-refractivity contribution in [3.05, 3.63) is 29.3 Å². The summed E-state index contributed by atoms with van der Waals surface area (Å²) in [5, 5.41) is 15.3. The van der Waals surface area contributed by atoms with E-state index < -0.39 is 11.7 Å². The van der Waals surface area contributed by atoms with Crippen molar-refractivity contribution in [3.63, 3.8) is 0 Å². The molecule has 1 saturated heterocycles. The van der Waals surface area contributed by atoms with Crippen molar-refractivity contribution < 1.29 is 13.2 Å². The maximum atomic E-state index is 12.6. The molecule has 0 aromatic heterocycles. The van der Waals surface area contributed by atoms with Crippen LogP contribution < -0.4 is 10.6 Å². The Morgan fingerprint density at radius 1 is 1.40 bits per heavy atom. The second-order valence-electron chi connectivity index (χ2n) is 4.88. The Hall–Kier alpha value is -1.74. The third-order valence-corrected chi connectivity index (χ3v) is 3.44. The lowest BCUT2D eigenvalue weighted by Crippen LogP contribution is -2.24. The van der Waals surface area contributed by atoms with Crippen molar-refractivity contribution in [2.45, 2.75) is 31.5 Å². The van der Waals surface area contributed by atoms with Gasteiger partial charge in [0.25, 0.3) is 0 Å². The Morgan fingerprint density at radius 2 is 2.20 bits per heavy atom. The molecule has 1 unspecified atom stereocenters. The zero-order chi connectivity index (χ0) is 14.6. The molecule has 0 radical (unpaired) electrons. The van der Waals surface area contributed by atoms with Gasteiger partial charge in [-0.05, 0) is 44.0 Å². The van der Waals surface area contributed by atoms with Crippen LogP contribution in [0.5, 0.6) is 0 Å². The molecule has 1 aliphatic heterocycles. The summed E-state index contributed by atoms with van der Waals surface area (Å²) in [7, 11) is 0.